The van der Waals surface area contributed by atoms with Gasteiger partial charge in [0.25, 0.3) is 11.8 Å². The zero-order valence-corrected chi connectivity index (χ0v) is 29.8. The van der Waals surface area contributed by atoms with E-state index in [2.05, 4.69) is 21.3 Å². The zero-order chi connectivity index (χ0) is 37.2. The summed E-state index contributed by atoms with van der Waals surface area (Å²) in [5.74, 6) is -0.382. The van der Waals surface area contributed by atoms with E-state index >= 15 is 0 Å². The van der Waals surface area contributed by atoms with Gasteiger partial charge in [-0.3, -0.25) is 19.2 Å². The Morgan fingerprint density at radius 2 is 1.23 bits per heavy atom. The number of nitrogens with one attached hydrogen (secondary N) is 4. The predicted molar refractivity (Wildman–Crippen MR) is 210 cm³/mol. The van der Waals surface area contributed by atoms with Gasteiger partial charge in [-0.05, 0) is 85.3 Å². The van der Waals surface area contributed by atoms with Crippen LogP contribution in [0.3, 0.4) is 0 Å². The molecule has 0 radical (unpaired) electrons. The van der Waals surface area contributed by atoms with Crippen molar-refractivity contribution in [2.24, 2.45) is 0 Å². The van der Waals surface area contributed by atoms with Gasteiger partial charge in [0.05, 0.1) is 0 Å². The van der Waals surface area contributed by atoms with Gasteiger partial charge in [0.15, 0.2) is 0 Å². The Balaban J connectivity index is 1.18. The number of thioether (sulfide) groups is 1. The van der Waals surface area contributed by atoms with Crippen molar-refractivity contribution in [3.05, 3.63) is 174 Å². The molecular formula is C43H36N4O5S. The summed E-state index contributed by atoms with van der Waals surface area (Å²) in [5, 5.41) is 10.7. The number of anilines is 3. The van der Waals surface area contributed by atoms with Gasteiger partial charge in [-0.25, -0.2) is 0 Å². The molecule has 0 saturated heterocycles. The molecule has 1 heterocycles. The second-order valence-corrected chi connectivity index (χ2v) is 13.3. The molecule has 0 aliphatic rings. The summed E-state index contributed by atoms with van der Waals surface area (Å²) in [6.45, 7) is 3.44. The monoisotopic (exact) mass is 720 g/mol. The summed E-state index contributed by atoms with van der Waals surface area (Å²) < 4.78 is 6.03. The Labute approximate surface area is 311 Å². The summed E-state index contributed by atoms with van der Waals surface area (Å²) in [7, 11) is 0. The molecule has 264 valence electrons. The zero-order valence-electron chi connectivity index (χ0n) is 29.0. The number of amides is 4. The Kier molecular flexibility index (Phi) is 11.6. The van der Waals surface area contributed by atoms with Gasteiger partial charge in [-0.2, -0.15) is 0 Å². The van der Waals surface area contributed by atoms with Crippen LogP contribution in [0.25, 0.3) is 17.4 Å². The average Bonchev–Trinajstić information content (AvgIpc) is 3.64. The molecule has 0 unspecified atom stereocenters. The standard InChI is InChI=1S/C43H36N4O5S/c1-28-13-15-30(16-14-28)39-26-23-36(52-39)27-38(47-41(49)32-11-7-4-8-12-32)42(50)45-35-21-24-37(25-22-35)53-40(31-9-5-3-6-10-31)43(51)46-34-19-17-33(18-20-34)44-29(2)48/h3-27,40H,1-2H3,(H,44,48)(H,45,50)(H,46,51)(H,47,49)/b38-27-/t40-/m1/s1. The van der Waals surface area contributed by atoms with Gasteiger partial charge in [-0.15, -0.1) is 11.8 Å². The molecule has 0 bridgehead atoms. The van der Waals surface area contributed by atoms with E-state index in [1.807, 2.05) is 79.7 Å². The maximum absolute atomic E-state index is 13.7. The number of carbonyl (C=O) groups is 4. The molecule has 10 heteroatoms. The highest BCUT2D eigenvalue weighted by molar-refractivity contribution is 8.00. The molecule has 0 saturated carbocycles. The Morgan fingerprint density at radius 1 is 0.642 bits per heavy atom. The molecule has 4 N–H and O–H groups in total. The van der Waals surface area contributed by atoms with Crippen molar-refractivity contribution in [3.63, 3.8) is 0 Å². The predicted octanol–water partition coefficient (Wildman–Crippen LogP) is 9.10. The summed E-state index contributed by atoms with van der Waals surface area (Å²) in [4.78, 5) is 52.6. The van der Waals surface area contributed by atoms with E-state index in [1.165, 1.54) is 24.8 Å². The molecule has 6 rings (SSSR count). The van der Waals surface area contributed by atoms with Crippen LogP contribution in [-0.4, -0.2) is 23.6 Å². The van der Waals surface area contributed by atoms with Crippen molar-refractivity contribution in [2.75, 3.05) is 16.0 Å². The smallest absolute Gasteiger partial charge is 0.272 e. The van der Waals surface area contributed by atoms with Crippen molar-refractivity contribution in [1.29, 1.82) is 0 Å². The summed E-state index contributed by atoms with van der Waals surface area (Å²) >= 11 is 1.36. The van der Waals surface area contributed by atoms with Crippen molar-refractivity contribution >= 4 is 58.5 Å². The van der Waals surface area contributed by atoms with Crippen LogP contribution in [0.15, 0.2) is 161 Å². The minimum Gasteiger partial charge on any atom is -0.457 e. The number of hydrogen-bond donors (Lipinski definition) is 4. The Bertz CT molecular complexity index is 2230. The maximum atomic E-state index is 13.7. The third-order valence-corrected chi connectivity index (χ3v) is 9.22. The number of hydrogen-bond acceptors (Lipinski definition) is 6. The van der Waals surface area contributed by atoms with Crippen LogP contribution in [-0.2, 0) is 14.4 Å². The summed E-state index contributed by atoms with van der Waals surface area (Å²) in [5.41, 5.74) is 4.92. The van der Waals surface area contributed by atoms with Gasteiger partial charge in [-0.1, -0.05) is 78.4 Å². The molecule has 6 aromatic rings. The average molecular weight is 721 g/mol. The molecule has 9 nitrogen and oxygen atoms in total. The largest absolute Gasteiger partial charge is 0.457 e. The molecule has 4 amide bonds. The number of benzene rings is 5. The number of furan rings is 1. The number of carbonyl (C=O) groups excluding carboxylic acids is 4. The molecule has 0 spiro atoms. The van der Waals surface area contributed by atoms with Crippen molar-refractivity contribution in [3.8, 4) is 11.3 Å². The lowest BCUT2D eigenvalue weighted by Crippen LogP contribution is -2.30. The first kappa shape index (κ1) is 36.2. The Hall–Kier alpha value is -6.65. The first-order valence-electron chi connectivity index (χ1n) is 16.8. The minimum atomic E-state index is -0.590. The van der Waals surface area contributed by atoms with Crippen LogP contribution in [0.2, 0.25) is 0 Å². The molecule has 0 aliphatic carbocycles. The van der Waals surface area contributed by atoms with E-state index < -0.39 is 17.1 Å². The normalized spacial score (nSPS) is 11.6. The van der Waals surface area contributed by atoms with Gasteiger partial charge in [0, 0.05) is 46.1 Å². The fourth-order valence-corrected chi connectivity index (χ4v) is 6.31. The maximum Gasteiger partial charge on any atom is 0.272 e. The van der Waals surface area contributed by atoms with Gasteiger partial charge in [0.1, 0.15) is 22.5 Å². The third kappa shape index (κ3) is 9.99. The van der Waals surface area contributed by atoms with Crippen LogP contribution < -0.4 is 21.3 Å². The molecule has 53 heavy (non-hydrogen) atoms. The Morgan fingerprint density at radius 3 is 1.87 bits per heavy atom. The van der Waals surface area contributed by atoms with E-state index in [-0.39, 0.29) is 17.5 Å². The molecule has 1 atom stereocenters. The topological polar surface area (TPSA) is 130 Å². The molecule has 5 aromatic carbocycles. The highest BCUT2D eigenvalue weighted by Crippen LogP contribution is 2.37. The lowest BCUT2D eigenvalue weighted by atomic mass is 10.1. The lowest BCUT2D eigenvalue weighted by molar-refractivity contribution is -0.116. The SMILES string of the molecule is CC(=O)Nc1ccc(NC(=O)[C@H](Sc2ccc(NC(=O)/C(=C/c3ccc(-c4ccc(C)cc4)o3)NC(=O)c3ccccc3)cc2)c2ccccc2)cc1. The van der Waals surface area contributed by atoms with E-state index in [4.69, 9.17) is 4.42 Å². The van der Waals surface area contributed by atoms with Crippen molar-refractivity contribution < 1.29 is 23.6 Å². The fraction of sp³-hybridized carbons (Fsp3) is 0.0698. The van der Waals surface area contributed by atoms with Gasteiger partial charge in [0.2, 0.25) is 11.8 Å². The first-order valence-corrected chi connectivity index (χ1v) is 17.6. The second-order valence-electron chi connectivity index (χ2n) is 12.1. The molecule has 1 aromatic heterocycles. The van der Waals surface area contributed by atoms with Crippen molar-refractivity contribution in [1.82, 2.24) is 5.32 Å². The van der Waals surface area contributed by atoms with Crippen LogP contribution in [0.5, 0.6) is 0 Å². The quantitative estimate of drug-likeness (QED) is 0.0738. The highest BCUT2D eigenvalue weighted by atomic mass is 32.2. The van der Waals surface area contributed by atoms with Crippen molar-refractivity contribution in [2.45, 2.75) is 24.0 Å². The molecule has 0 aliphatic heterocycles. The third-order valence-electron chi connectivity index (χ3n) is 7.96. The van der Waals surface area contributed by atoms with E-state index in [0.717, 1.165) is 21.6 Å². The summed E-state index contributed by atoms with van der Waals surface area (Å²) in [6, 6.07) is 43.5. The van der Waals surface area contributed by atoms with Crippen LogP contribution >= 0.6 is 11.8 Å². The number of aryl methyl sites for hydroxylation is 1. The van der Waals surface area contributed by atoms with Crippen LogP contribution in [0.1, 0.15) is 39.4 Å². The fourth-order valence-electron chi connectivity index (χ4n) is 5.29. The molecule has 0 fully saturated rings. The van der Waals surface area contributed by atoms with E-state index in [0.29, 0.717) is 34.1 Å². The lowest BCUT2D eigenvalue weighted by Gasteiger charge is -2.18. The van der Waals surface area contributed by atoms with Crippen LogP contribution in [0.4, 0.5) is 17.1 Å². The number of rotatable bonds is 12. The highest BCUT2D eigenvalue weighted by Gasteiger charge is 2.23. The summed E-state index contributed by atoms with van der Waals surface area (Å²) in [6.07, 6.45) is 1.49. The van der Waals surface area contributed by atoms with Crippen LogP contribution in [0, 0.1) is 6.92 Å². The second kappa shape index (κ2) is 17.0. The first-order chi connectivity index (χ1) is 25.7. The molecular weight excluding hydrogens is 685 g/mol. The van der Waals surface area contributed by atoms with Gasteiger partial charge >= 0.3 is 0 Å². The van der Waals surface area contributed by atoms with E-state index in [1.54, 1.807) is 72.8 Å². The minimum absolute atomic E-state index is 0.00645. The van der Waals surface area contributed by atoms with E-state index in [9.17, 15) is 19.2 Å². The van der Waals surface area contributed by atoms with Gasteiger partial charge < -0.3 is 25.7 Å².